The van der Waals surface area contributed by atoms with Crippen molar-refractivity contribution < 1.29 is 19.1 Å². The predicted molar refractivity (Wildman–Crippen MR) is 118 cm³/mol. The lowest BCUT2D eigenvalue weighted by molar-refractivity contribution is -0.129. The van der Waals surface area contributed by atoms with Crippen LogP contribution in [0.5, 0.6) is 5.75 Å². The number of esters is 2. The van der Waals surface area contributed by atoms with E-state index < -0.39 is 11.9 Å². The summed E-state index contributed by atoms with van der Waals surface area (Å²) in [5.74, 6) is -0.517. The Bertz CT molecular complexity index is 1220. The van der Waals surface area contributed by atoms with Crippen LogP contribution in [0.3, 0.4) is 0 Å². The molecule has 0 fully saturated rings. The lowest BCUT2D eigenvalue weighted by atomic mass is 10.2. The van der Waals surface area contributed by atoms with Gasteiger partial charge in [0.25, 0.3) is 0 Å². The van der Waals surface area contributed by atoms with Crippen LogP contribution in [-0.4, -0.2) is 17.8 Å². The highest BCUT2D eigenvalue weighted by atomic mass is 79.9. The Morgan fingerprint density at radius 2 is 1.83 bits per heavy atom. The zero-order chi connectivity index (χ0) is 21.1. The van der Waals surface area contributed by atoms with E-state index >= 15 is 0 Å². The van der Waals surface area contributed by atoms with Crippen LogP contribution in [0, 0.1) is 0 Å². The number of ether oxygens (including phenoxy) is 2. The van der Waals surface area contributed by atoms with Gasteiger partial charge in [-0.3, -0.25) is 0 Å². The third kappa shape index (κ3) is 4.67. The highest BCUT2D eigenvalue weighted by Gasteiger charge is 2.24. The zero-order valence-corrected chi connectivity index (χ0v) is 17.7. The van der Waals surface area contributed by atoms with E-state index in [1.54, 1.807) is 54.6 Å². The molecule has 0 bridgehead atoms. The van der Waals surface area contributed by atoms with E-state index in [0.717, 1.165) is 4.47 Å². The van der Waals surface area contributed by atoms with Gasteiger partial charge in [-0.2, -0.15) is 0 Å². The second kappa shape index (κ2) is 8.65. The van der Waals surface area contributed by atoms with Gasteiger partial charge >= 0.3 is 11.9 Å². The third-order valence-electron chi connectivity index (χ3n) is 4.12. The first-order valence-corrected chi connectivity index (χ1v) is 10.0. The molecule has 0 saturated carbocycles. The van der Waals surface area contributed by atoms with Gasteiger partial charge in [0.15, 0.2) is 5.70 Å². The van der Waals surface area contributed by atoms with Crippen LogP contribution in [-0.2, 0) is 9.53 Å². The predicted octanol–water partition coefficient (Wildman–Crippen LogP) is 5.67. The van der Waals surface area contributed by atoms with Crippen molar-refractivity contribution in [2.75, 3.05) is 0 Å². The fourth-order valence-electron chi connectivity index (χ4n) is 2.76. The van der Waals surface area contributed by atoms with Gasteiger partial charge in [-0.25, -0.2) is 14.6 Å². The molecular weight excluding hydrogens is 470 g/mol. The molecule has 1 aliphatic heterocycles. The van der Waals surface area contributed by atoms with Crippen LogP contribution in [0.1, 0.15) is 21.5 Å². The fourth-order valence-corrected chi connectivity index (χ4v) is 3.35. The maximum absolute atomic E-state index is 12.3. The number of hydrogen-bond acceptors (Lipinski definition) is 5. The quantitative estimate of drug-likeness (QED) is 0.273. The van der Waals surface area contributed by atoms with Crippen LogP contribution in [0.25, 0.3) is 6.08 Å². The van der Waals surface area contributed by atoms with Crippen LogP contribution in [0.2, 0.25) is 5.02 Å². The van der Waals surface area contributed by atoms with E-state index in [9.17, 15) is 9.59 Å². The van der Waals surface area contributed by atoms with E-state index in [0.29, 0.717) is 27.5 Å². The maximum atomic E-state index is 12.3. The number of aliphatic imine (C=N–C) groups is 1. The summed E-state index contributed by atoms with van der Waals surface area (Å²) < 4.78 is 11.5. The van der Waals surface area contributed by atoms with E-state index in [-0.39, 0.29) is 11.6 Å². The molecule has 0 atom stereocenters. The van der Waals surface area contributed by atoms with E-state index in [2.05, 4.69) is 20.9 Å². The van der Waals surface area contributed by atoms with Crippen molar-refractivity contribution in [3.63, 3.8) is 0 Å². The van der Waals surface area contributed by atoms with Crippen molar-refractivity contribution in [2.24, 2.45) is 4.99 Å². The molecule has 30 heavy (non-hydrogen) atoms. The van der Waals surface area contributed by atoms with Crippen LogP contribution in [0.4, 0.5) is 0 Å². The molecule has 1 heterocycles. The Kier molecular flexibility index (Phi) is 5.79. The van der Waals surface area contributed by atoms with E-state index in [1.165, 1.54) is 6.07 Å². The zero-order valence-electron chi connectivity index (χ0n) is 15.3. The minimum Gasteiger partial charge on any atom is -0.423 e. The smallest absolute Gasteiger partial charge is 0.363 e. The average molecular weight is 483 g/mol. The average Bonchev–Trinajstić information content (AvgIpc) is 3.09. The summed E-state index contributed by atoms with van der Waals surface area (Å²) >= 11 is 9.30. The first kappa shape index (κ1) is 20.1. The Morgan fingerprint density at radius 1 is 1.03 bits per heavy atom. The van der Waals surface area contributed by atoms with Gasteiger partial charge in [-0.15, -0.1) is 0 Å². The number of carbonyl (C=O) groups excluding carboxylic acids is 2. The number of cyclic esters (lactones) is 1. The Balaban J connectivity index is 1.56. The highest BCUT2D eigenvalue weighted by molar-refractivity contribution is 9.10. The Morgan fingerprint density at radius 3 is 2.63 bits per heavy atom. The molecule has 0 aromatic heterocycles. The van der Waals surface area contributed by atoms with E-state index in [4.69, 9.17) is 21.1 Å². The molecule has 3 aromatic rings. The van der Waals surface area contributed by atoms with Gasteiger partial charge in [0.2, 0.25) is 5.90 Å². The summed E-state index contributed by atoms with van der Waals surface area (Å²) in [4.78, 5) is 28.8. The summed E-state index contributed by atoms with van der Waals surface area (Å²) in [6, 6.07) is 20.6. The first-order chi connectivity index (χ1) is 14.5. The standard InChI is InChI=1S/C23H13BrClNO4/c24-17-7-2-5-15(12-17)21-26-20(23(28)30-21)11-14-4-1-9-19(10-14)29-22(27)16-6-3-8-18(25)13-16/h1-13H/b20-11-. The summed E-state index contributed by atoms with van der Waals surface area (Å²) in [5, 5.41) is 0.446. The second-order valence-corrected chi connectivity index (χ2v) is 7.67. The lowest BCUT2D eigenvalue weighted by Gasteiger charge is -2.05. The van der Waals surface area contributed by atoms with Crippen molar-refractivity contribution in [1.29, 1.82) is 0 Å². The molecular formula is C23H13BrClNO4. The molecule has 0 aliphatic carbocycles. The number of benzene rings is 3. The number of nitrogens with zero attached hydrogens (tertiary/aromatic N) is 1. The summed E-state index contributed by atoms with van der Waals surface area (Å²) in [6.45, 7) is 0. The Labute approximate surface area is 185 Å². The normalized spacial score (nSPS) is 14.4. The van der Waals surface area contributed by atoms with Gasteiger partial charge in [0, 0.05) is 15.1 Å². The van der Waals surface area contributed by atoms with Gasteiger partial charge in [-0.1, -0.05) is 51.8 Å². The molecule has 3 aromatic carbocycles. The largest absolute Gasteiger partial charge is 0.423 e. The van der Waals surface area contributed by atoms with Crippen molar-refractivity contribution in [3.05, 3.63) is 105 Å². The molecule has 0 saturated heterocycles. The molecule has 1 aliphatic rings. The molecule has 0 radical (unpaired) electrons. The third-order valence-corrected chi connectivity index (χ3v) is 4.85. The first-order valence-electron chi connectivity index (χ1n) is 8.84. The summed E-state index contributed by atoms with van der Waals surface area (Å²) in [6.07, 6.45) is 1.57. The number of rotatable bonds is 4. The monoisotopic (exact) mass is 481 g/mol. The number of hydrogen-bond donors (Lipinski definition) is 0. The summed E-state index contributed by atoms with van der Waals surface area (Å²) in [5.41, 5.74) is 1.82. The van der Waals surface area contributed by atoms with E-state index in [1.807, 2.05) is 18.2 Å². The van der Waals surface area contributed by atoms with Gasteiger partial charge in [-0.05, 0) is 60.2 Å². The molecule has 0 spiro atoms. The minimum absolute atomic E-state index is 0.156. The molecule has 0 unspecified atom stereocenters. The van der Waals surface area contributed by atoms with Crippen LogP contribution in [0.15, 0.2) is 88.0 Å². The van der Waals surface area contributed by atoms with Crippen LogP contribution < -0.4 is 4.74 Å². The molecule has 4 rings (SSSR count). The summed E-state index contributed by atoms with van der Waals surface area (Å²) in [7, 11) is 0. The van der Waals surface area contributed by atoms with Gasteiger partial charge in [0.05, 0.1) is 5.56 Å². The fraction of sp³-hybridized carbons (Fsp3) is 0. The second-order valence-electron chi connectivity index (χ2n) is 6.32. The molecule has 0 amide bonds. The SMILES string of the molecule is O=C1OC(c2cccc(Br)c2)=N/C1=C\c1cccc(OC(=O)c2cccc(Cl)c2)c1. The van der Waals surface area contributed by atoms with Crippen LogP contribution >= 0.6 is 27.5 Å². The maximum Gasteiger partial charge on any atom is 0.363 e. The Hall–Kier alpha value is -3.22. The van der Waals surface area contributed by atoms with Crippen molar-refractivity contribution in [3.8, 4) is 5.75 Å². The molecule has 0 N–H and O–H groups in total. The van der Waals surface area contributed by atoms with Crippen molar-refractivity contribution in [1.82, 2.24) is 0 Å². The molecule has 148 valence electrons. The molecule has 5 nitrogen and oxygen atoms in total. The van der Waals surface area contributed by atoms with Crippen molar-refractivity contribution >= 4 is 51.4 Å². The van der Waals surface area contributed by atoms with Gasteiger partial charge in [0.1, 0.15) is 5.75 Å². The molecule has 7 heteroatoms. The minimum atomic E-state index is -0.550. The number of carbonyl (C=O) groups is 2. The van der Waals surface area contributed by atoms with Crippen molar-refractivity contribution in [2.45, 2.75) is 0 Å². The lowest BCUT2D eigenvalue weighted by Crippen LogP contribution is -2.08. The van der Waals surface area contributed by atoms with Gasteiger partial charge < -0.3 is 9.47 Å². The topological polar surface area (TPSA) is 65.0 Å². The number of halogens is 2. The highest BCUT2D eigenvalue weighted by Crippen LogP contribution is 2.23.